The van der Waals surface area contributed by atoms with Gasteiger partial charge in [-0.25, -0.2) is 18.0 Å². The third-order valence-electron chi connectivity index (χ3n) is 5.08. The Kier molecular flexibility index (Phi) is 8.61. The van der Waals surface area contributed by atoms with Crippen LogP contribution in [-0.4, -0.2) is 46.9 Å². The smallest absolute Gasteiger partial charge is 0.351 e. The van der Waals surface area contributed by atoms with E-state index >= 15 is 0 Å². The second kappa shape index (κ2) is 11.4. The van der Waals surface area contributed by atoms with Crippen LogP contribution in [0, 0.1) is 17.5 Å². The number of benzene rings is 1. The zero-order valence-electron chi connectivity index (χ0n) is 18.0. The molecule has 0 amide bonds. The largest absolute Gasteiger partial charge is 0.462 e. The van der Waals surface area contributed by atoms with Crippen LogP contribution in [0.1, 0.15) is 31.9 Å². The van der Waals surface area contributed by atoms with Crippen LogP contribution in [0.15, 0.2) is 29.2 Å². The number of aromatic nitrogens is 2. The highest BCUT2D eigenvalue weighted by Gasteiger charge is 2.29. The minimum Gasteiger partial charge on any atom is -0.462 e. The number of nitrogens with zero attached hydrogens (tertiary/aromatic N) is 3. The first kappa shape index (κ1) is 24.9. The SMILES string of the molecule is CN(CCCCCC(=O)OCC1OC(n2ccc(N)nc2=O)CS1)c1ccc(F)c(F)c1F. The molecule has 1 fully saturated rings. The molecular weight excluding hydrogens is 461 g/mol. The highest BCUT2D eigenvalue weighted by Crippen LogP contribution is 2.31. The Morgan fingerprint density at radius 1 is 1.27 bits per heavy atom. The van der Waals surface area contributed by atoms with Gasteiger partial charge in [-0.1, -0.05) is 6.42 Å². The van der Waals surface area contributed by atoms with Crippen molar-refractivity contribution in [1.29, 1.82) is 0 Å². The van der Waals surface area contributed by atoms with Crippen molar-refractivity contribution in [2.24, 2.45) is 0 Å². The van der Waals surface area contributed by atoms with E-state index in [0.29, 0.717) is 31.6 Å². The van der Waals surface area contributed by atoms with E-state index in [0.717, 1.165) is 6.07 Å². The number of rotatable bonds is 10. The van der Waals surface area contributed by atoms with Gasteiger partial charge in [0.05, 0.1) is 5.69 Å². The van der Waals surface area contributed by atoms with E-state index in [1.54, 1.807) is 7.05 Å². The molecule has 1 aliphatic heterocycles. The summed E-state index contributed by atoms with van der Waals surface area (Å²) in [6.45, 7) is 0.486. The molecule has 2 heterocycles. The molecule has 12 heteroatoms. The number of unbranched alkanes of at least 4 members (excludes halogenated alkanes) is 2. The highest BCUT2D eigenvalue weighted by atomic mass is 32.2. The fraction of sp³-hybridized carbons (Fsp3) is 0.476. The summed E-state index contributed by atoms with van der Waals surface area (Å²) < 4.78 is 52.5. The van der Waals surface area contributed by atoms with Gasteiger partial charge >= 0.3 is 11.7 Å². The predicted octanol–water partition coefficient (Wildman–Crippen LogP) is 3.07. The fourth-order valence-corrected chi connectivity index (χ4v) is 4.27. The van der Waals surface area contributed by atoms with E-state index in [9.17, 15) is 22.8 Å². The lowest BCUT2D eigenvalue weighted by Gasteiger charge is -2.20. The van der Waals surface area contributed by atoms with Crippen molar-refractivity contribution in [3.8, 4) is 0 Å². The number of nitrogen functional groups attached to an aromatic ring is 1. The van der Waals surface area contributed by atoms with Gasteiger partial charge in [0.1, 0.15) is 24.1 Å². The summed E-state index contributed by atoms with van der Waals surface area (Å²) in [5, 5.41) is 0. The van der Waals surface area contributed by atoms with E-state index < -0.39 is 29.4 Å². The lowest BCUT2D eigenvalue weighted by Crippen LogP contribution is -2.29. The molecule has 1 aromatic carbocycles. The predicted molar refractivity (Wildman–Crippen MR) is 118 cm³/mol. The maximum absolute atomic E-state index is 13.8. The summed E-state index contributed by atoms with van der Waals surface area (Å²) >= 11 is 1.43. The topological polar surface area (TPSA) is 99.7 Å². The van der Waals surface area contributed by atoms with E-state index in [-0.39, 0.29) is 35.9 Å². The third kappa shape index (κ3) is 6.64. The van der Waals surface area contributed by atoms with Gasteiger partial charge < -0.3 is 20.1 Å². The molecule has 180 valence electrons. The summed E-state index contributed by atoms with van der Waals surface area (Å²) in [6.07, 6.45) is 3.11. The lowest BCUT2D eigenvalue weighted by molar-refractivity contribution is -0.147. The molecule has 33 heavy (non-hydrogen) atoms. The molecule has 2 unspecified atom stereocenters. The fourth-order valence-electron chi connectivity index (χ4n) is 3.28. The maximum Gasteiger partial charge on any atom is 0.351 e. The van der Waals surface area contributed by atoms with Gasteiger partial charge in [-0.2, -0.15) is 4.98 Å². The molecule has 0 aliphatic carbocycles. The first-order valence-corrected chi connectivity index (χ1v) is 11.4. The Morgan fingerprint density at radius 3 is 2.82 bits per heavy atom. The second-order valence-electron chi connectivity index (χ2n) is 7.51. The van der Waals surface area contributed by atoms with Crippen molar-refractivity contribution in [2.75, 3.05) is 36.6 Å². The van der Waals surface area contributed by atoms with Crippen molar-refractivity contribution in [3.05, 3.63) is 52.3 Å². The Hall–Kier alpha value is -2.73. The molecule has 1 aliphatic rings. The Labute approximate surface area is 192 Å². The molecule has 3 rings (SSSR count). The van der Waals surface area contributed by atoms with Gasteiger partial charge in [0.25, 0.3) is 0 Å². The van der Waals surface area contributed by atoms with Crippen molar-refractivity contribution in [1.82, 2.24) is 9.55 Å². The maximum atomic E-state index is 13.8. The molecule has 8 nitrogen and oxygen atoms in total. The number of hydrogen-bond acceptors (Lipinski definition) is 8. The molecule has 0 spiro atoms. The number of carbonyl (C=O) groups is 1. The number of hydrogen-bond donors (Lipinski definition) is 1. The molecule has 1 aromatic heterocycles. The van der Waals surface area contributed by atoms with Crippen LogP contribution < -0.4 is 16.3 Å². The van der Waals surface area contributed by atoms with Crippen molar-refractivity contribution < 1.29 is 27.4 Å². The van der Waals surface area contributed by atoms with Gasteiger partial charge in [-0.15, -0.1) is 11.8 Å². The number of nitrogens with two attached hydrogens (primary N) is 1. The summed E-state index contributed by atoms with van der Waals surface area (Å²) in [5.74, 6) is -3.65. The third-order valence-corrected chi connectivity index (χ3v) is 6.17. The number of halogens is 3. The van der Waals surface area contributed by atoms with Gasteiger partial charge in [0, 0.05) is 32.0 Å². The van der Waals surface area contributed by atoms with Gasteiger partial charge in [0.2, 0.25) is 0 Å². The average Bonchev–Trinajstić information content (AvgIpc) is 3.24. The standard InChI is InChI=1S/C21H25F3N4O4S/c1-27(14-7-6-13(22)19(23)20(14)24)9-4-2-3-5-17(29)31-11-18-32-16(12-33-18)28-10-8-15(25)26-21(28)30/h6-8,10,16,18H,2-5,9,11-12H2,1H3,(H2,25,26,30). The first-order valence-electron chi connectivity index (χ1n) is 10.4. The van der Waals surface area contributed by atoms with Gasteiger partial charge in [-0.3, -0.25) is 9.36 Å². The molecule has 0 bridgehead atoms. The van der Waals surface area contributed by atoms with Crippen molar-refractivity contribution in [3.63, 3.8) is 0 Å². The molecule has 2 aromatic rings. The van der Waals surface area contributed by atoms with E-state index in [1.807, 2.05) is 0 Å². The first-order chi connectivity index (χ1) is 15.8. The van der Waals surface area contributed by atoms with Crippen molar-refractivity contribution in [2.45, 2.75) is 37.3 Å². The summed E-state index contributed by atoms with van der Waals surface area (Å²) in [6, 6.07) is 3.59. The van der Waals surface area contributed by atoms with Crippen LogP contribution in [0.3, 0.4) is 0 Å². The summed E-state index contributed by atoms with van der Waals surface area (Å²) in [5.41, 5.74) is 4.57. The monoisotopic (exact) mass is 486 g/mol. The second-order valence-corrected chi connectivity index (χ2v) is 8.70. The quantitative estimate of drug-likeness (QED) is 0.311. The van der Waals surface area contributed by atoms with Crippen LogP contribution in [0.25, 0.3) is 0 Å². The minimum absolute atomic E-state index is 0.0160. The average molecular weight is 487 g/mol. The lowest BCUT2D eigenvalue weighted by atomic mass is 10.2. The normalized spacial score (nSPS) is 17.8. The molecule has 2 atom stereocenters. The van der Waals surface area contributed by atoms with Crippen LogP contribution in [0.5, 0.6) is 0 Å². The van der Waals surface area contributed by atoms with Crippen LogP contribution in [-0.2, 0) is 14.3 Å². The highest BCUT2D eigenvalue weighted by molar-refractivity contribution is 8.00. The number of carbonyl (C=O) groups excluding carboxylic acids is 1. The van der Waals surface area contributed by atoms with E-state index in [2.05, 4.69) is 4.98 Å². The van der Waals surface area contributed by atoms with E-state index in [4.69, 9.17) is 15.2 Å². The molecule has 2 N–H and O–H groups in total. The van der Waals surface area contributed by atoms with Crippen molar-refractivity contribution >= 4 is 29.2 Å². The van der Waals surface area contributed by atoms with Gasteiger partial charge in [0.15, 0.2) is 17.5 Å². The zero-order valence-corrected chi connectivity index (χ0v) is 18.8. The number of thioether (sulfide) groups is 1. The number of esters is 1. The number of anilines is 2. The Balaban J connectivity index is 1.31. The van der Waals surface area contributed by atoms with Crippen LogP contribution >= 0.6 is 11.8 Å². The Morgan fingerprint density at radius 2 is 2.06 bits per heavy atom. The van der Waals surface area contributed by atoms with E-state index in [1.165, 1.54) is 39.6 Å². The molecule has 0 radical (unpaired) electrons. The van der Waals surface area contributed by atoms with Crippen LogP contribution in [0.2, 0.25) is 0 Å². The summed E-state index contributed by atoms with van der Waals surface area (Å²) in [7, 11) is 1.59. The zero-order chi connectivity index (χ0) is 24.0. The molecular formula is C21H25F3N4O4S. The van der Waals surface area contributed by atoms with Gasteiger partial charge in [-0.05, 0) is 31.0 Å². The van der Waals surface area contributed by atoms with Crippen LogP contribution in [0.4, 0.5) is 24.7 Å². The Bertz CT molecular complexity index is 1040. The summed E-state index contributed by atoms with van der Waals surface area (Å²) in [4.78, 5) is 29.0. The number of ether oxygens (including phenoxy) is 2. The molecule has 0 saturated carbocycles. The minimum atomic E-state index is -1.49. The molecule has 1 saturated heterocycles.